The van der Waals surface area contributed by atoms with Crippen LogP contribution in [0.15, 0.2) is 54.9 Å². The normalized spacial score (nSPS) is 11.0. The van der Waals surface area contributed by atoms with E-state index in [1.165, 1.54) is 10.9 Å². The average Bonchev–Trinajstić information content (AvgIpc) is 2.96. The van der Waals surface area contributed by atoms with Crippen molar-refractivity contribution in [3.8, 4) is 16.9 Å². The fourth-order valence-electron chi connectivity index (χ4n) is 2.58. The molecule has 6 heteroatoms. The van der Waals surface area contributed by atoms with Crippen LogP contribution in [0.1, 0.15) is 5.69 Å². The fraction of sp³-hybridized carbons (Fsp3) is 0.0588. The first-order valence-electron chi connectivity index (χ1n) is 7.12. The summed E-state index contributed by atoms with van der Waals surface area (Å²) in [5, 5.41) is 9.30. The second-order valence-corrected chi connectivity index (χ2v) is 5.16. The SMILES string of the molecule is Cc1c(-c2ccc3ncccc3c2)nnn1-c1cccnc1F. The van der Waals surface area contributed by atoms with Gasteiger partial charge in [0.2, 0.25) is 5.95 Å². The molecule has 112 valence electrons. The summed E-state index contributed by atoms with van der Waals surface area (Å²) >= 11 is 0. The van der Waals surface area contributed by atoms with Crippen molar-refractivity contribution in [3.63, 3.8) is 0 Å². The Balaban J connectivity index is 1.85. The third-order valence-corrected chi connectivity index (χ3v) is 3.74. The first kappa shape index (κ1) is 13.5. The minimum atomic E-state index is -0.574. The third-order valence-electron chi connectivity index (χ3n) is 3.74. The number of rotatable bonds is 2. The van der Waals surface area contributed by atoms with E-state index >= 15 is 0 Å². The van der Waals surface area contributed by atoms with Crippen molar-refractivity contribution in [1.29, 1.82) is 0 Å². The van der Waals surface area contributed by atoms with E-state index in [1.54, 1.807) is 18.3 Å². The minimum absolute atomic E-state index is 0.284. The molecule has 0 aliphatic rings. The third kappa shape index (κ3) is 2.24. The van der Waals surface area contributed by atoms with Crippen molar-refractivity contribution in [2.75, 3.05) is 0 Å². The van der Waals surface area contributed by atoms with E-state index < -0.39 is 5.95 Å². The molecule has 3 aromatic heterocycles. The topological polar surface area (TPSA) is 56.5 Å². The zero-order valence-corrected chi connectivity index (χ0v) is 12.3. The van der Waals surface area contributed by atoms with Crippen LogP contribution in [0.3, 0.4) is 0 Å². The van der Waals surface area contributed by atoms with Crippen molar-refractivity contribution in [1.82, 2.24) is 25.0 Å². The standard InChI is InChI=1S/C17H12FN5/c1-11-16(13-6-7-14-12(10-13)4-2-8-19-14)21-22-23(11)15-5-3-9-20-17(15)18/h2-10H,1H3. The van der Waals surface area contributed by atoms with E-state index in [4.69, 9.17) is 0 Å². The number of hydrogen-bond donors (Lipinski definition) is 0. The number of fused-ring (bicyclic) bond motifs is 1. The average molecular weight is 305 g/mol. The van der Waals surface area contributed by atoms with Crippen LogP contribution in [0.5, 0.6) is 0 Å². The zero-order valence-electron chi connectivity index (χ0n) is 12.3. The quantitative estimate of drug-likeness (QED) is 0.533. The van der Waals surface area contributed by atoms with E-state index in [1.807, 2.05) is 37.3 Å². The molecule has 0 saturated heterocycles. The van der Waals surface area contributed by atoms with Crippen LogP contribution in [0.4, 0.5) is 4.39 Å². The van der Waals surface area contributed by atoms with Crippen molar-refractivity contribution in [2.45, 2.75) is 6.92 Å². The van der Waals surface area contributed by atoms with Gasteiger partial charge >= 0.3 is 0 Å². The predicted octanol–water partition coefficient (Wildman–Crippen LogP) is 3.33. The highest BCUT2D eigenvalue weighted by atomic mass is 19.1. The Morgan fingerprint density at radius 3 is 2.70 bits per heavy atom. The van der Waals surface area contributed by atoms with Gasteiger partial charge in [-0.1, -0.05) is 17.3 Å². The lowest BCUT2D eigenvalue weighted by Gasteiger charge is -2.05. The lowest BCUT2D eigenvalue weighted by atomic mass is 10.1. The van der Waals surface area contributed by atoms with Crippen LogP contribution in [-0.2, 0) is 0 Å². The molecule has 4 rings (SSSR count). The molecule has 1 aromatic carbocycles. The van der Waals surface area contributed by atoms with E-state index in [9.17, 15) is 4.39 Å². The molecule has 23 heavy (non-hydrogen) atoms. The van der Waals surface area contributed by atoms with Gasteiger partial charge in [-0.3, -0.25) is 4.98 Å². The summed E-state index contributed by atoms with van der Waals surface area (Å²) < 4.78 is 15.3. The van der Waals surface area contributed by atoms with Crippen molar-refractivity contribution < 1.29 is 4.39 Å². The van der Waals surface area contributed by atoms with Gasteiger partial charge in [0.15, 0.2) is 0 Å². The number of pyridine rings is 2. The van der Waals surface area contributed by atoms with Gasteiger partial charge < -0.3 is 0 Å². The lowest BCUT2D eigenvalue weighted by molar-refractivity contribution is 0.564. The monoisotopic (exact) mass is 305 g/mol. The Labute approximate surface area is 131 Å². The van der Waals surface area contributed by atoms with Crippen LogP contribution < -0.4 is 0 Å². The molecule has 0 fully saturated rings. The van der Waals surface area contributed by atoms with E-state index in [0.717, 1.165) is 22.2 Å². The van der Waals surface area contributed by atoms with Crippen LogP contribution in [-0.4, -0.2) is 25.0 Å². The molecular weight excluding hydrogens is 293 g/mol. The summed E-state index contributed by atoms with van der Waals surface area (Å²) in [5.74, 6) is -0.574. The predicted molar refractivity (Wildman–Crippen MR) is 84.6 cm³/mol. The Kier molecular flexibility index (Phi) is 3.08. The molecule has 0 atom stereocenters. The molecule has 3 heterocycles. The van der Waals surface area contributed by atoms with Crippen LogP contribution in [0.25, 0.3) is 27.8 Å². The van der Waals surface area contributed by atoms with E-state index in [2.05, 4.69) is 20.3 Å². The maximum absolute atomic E-state index is 13.9. The fourth-order valence-corrected chi connectivity index (χ4v) is 2.58. The zero-order chi connectivity index (χ0) is 15.8. The lowest BCUT2D eigenvalue weighted by Crippen LogP contribution is -2.03. The van der Waals surface area contributed by atoms with Gasteiger partial charge in [0.1, 0.15) is 11.4 Å². The largest absolute Gasteiger partial charge is 0.256 e. The molecule has 0 bridgehead atoms. The van der Waals surface area contributed by atoms with Gasteiger partial charge in [0.05, 0.1) is 11.2 Å². The Hall–Kier alpha value is -3.15. The van der Waals surface area contributed by atoms with Gasteiger partial charge in [-0.2, -0.15) is 4.39 Å². The molecule has 4 aromatic rings. The van der Waals surface area contributed by atoms with Gasteiger partial charge in [0.25, 0.3) is 0 Å². The van der Waals surface area contributed by atoms with Crippen LogP contribution >= 0.6 is 0 Å². The van der Waals surface area contributed by atoms with E-state index in [-0.39, 0.29) is 5.69 Å². The van der Waals surface area contributed by atoms with Gasteiger partial charge in [-0.15, -0.1) is 5.10 Å². The van der Waals surface area contributed by atoms with Crippen LogP contribution in [0, 0.1) is 12.9 Å². The number of hydrogen-bond acceptors (Lipinski definition) is 4. The first-order chi connectivity index (χ1) is 11.2. The minimum Gasteiger partial charge on any atom is -0.256 e. The Morgan fingerprint density at radius 1 is 1.00 bits per heavy atom. The smallest absolute Gasteiger partial charge is 0.238 e. The molecule has 5 nitrogen and oxygen atoms in total. The summed E-state index contributed by atoms with van der Waals surface area (Å²) in [5.41, 5.74) is 3.57. The Morgan fingerprint density at radius 2 is 1.83 bits per heavy atom. The molecule has 0 amide bonds. The molecule has 0 spiro atoms. The molecule has 0 N–H and O–H groups in total. The molecule has 0 radical (unpaired) electrons. The maximum Gasteiger partial charge on any atom is 0.238 e. The molecule has 0 aliphatic carbocycles. The first-order valence-corrected chi connectivity index (χ1v) is 7.12. The highest BCUT2D eigenvalue weighted by Crippen LogP contribution is 2.25. The summed E-state index contributed by atoms with van der Waals surface area (Å²) in [6, 6.07) is 13.1. The maximum atomic E-state index is 13.9. The van der Waals surface area contributed by atoms with Crippen LogP contribution in [0.2, 0.25) is 0 Å². The number of benzene rings is 1. The highest BCUT2D eigenvalue weighted by molar-refractivity contribution is 5.83. The number of aromatic nitrogens is 5. The van der Waals surface area contributed by atoms with Crippen molar-refractivity contribution in [3.05, 3.63) is 66.5 Å². The molecule has 0 unspecified atom stereocenters. The summed E-state index contributed by atoms with van der Waals surface area (Å²) in [4.78, 5) is 7.96. The van der Waals surface area contributed by atoms with E-state index in [0.29, 0.717) is 5.69 Å². The number of nitrogens with zero attached hydrogens (tertiary/aromatic N) is 5. The highest BCUT2D eigenvalue weighted by Gasteiger charge is 2.15. The summed E-state index contributed by atoms with van der Waals surface area (Å²) in [6.45, 7) is 1.86. The van der Waals surface area contributed by atoms with Crippen molar-refractivity contribution >= 4 is 10.9 Å². The molecule has 0 saturated carbocycles. The summed E-state index contributed by atoms with van der Waals surface area (Å²) in [6.07, 6.45) is 3.16. The van der Waals surface area contributed by atoms with Gasteiger partial charge in [-0.25, -0.2) is 9.67 Å². The van der Waals surface area contributed by atoms with Gasteiger partial charge in [-0.05, 0) is 37.3 Å². The molecular formula is C17H12FN5. The van der Waals surface area contributed by atoms with Crippen molar-refractivity contribution in [2.24, 2.45) is 0 Å². The second-order valence-electron chi connectivity index (χ2n) is 5.16. The Bertz CT molecular complexity index is 1010. The van der Waals surface area contributed by atoms with Gasteiger partial charge in [0, 0.05) is 23.3 Å². The summed E-state index contributed by atoms with van der Waals surface area (Å²) in [7, 11) is 0. The number of halogens is 1. The second kappa shape index (κ2) is 5.24. The molecule has 0 aliphatic heterocycles.